The average Bonchev–Trinajstić information content (AvgIpc) is 3.21. The molecule has 0 bridgehead atoms. The second-order valence-electron chi connectivity index (χ2n) is 6.36. The summed E-state index contributed by atoms with van der Waals surface area (Å²) in [4.78, 5) is 33.1. The lowest BCUT2D eigenvalue weighted by Gasteiger charge is -2.09. The third kappa shape index (κ3) is 4.96. The van der Waals surface area contributed by atoms with Gasteiger partial charge in [-0.2, -0.15) is 0 Å². The Morgan fingerprint density at radius 3 is 2.48 bits per heavy atom. The van der Waals surface area contributed by atoms with E-state index in [1.807, 2.05) is 0 Å². The minimum atomic E-state index is -0.579. The van der Waals surface area contributed by atoms with Gasteiger partial charge in [-0.05, 0) is 37.3 Å². The topological polar surface area (TPSA) is 147 Å². The maximum Gasteiger partial charge on any atom is 0.291 e. The fourth-order valence-corrected chi connectivity index (χ4v) is 2.74. The number of nitro groups is 2. The van der Waals surface area contributed by atoms with Gasteiger partial charge < -0.3 is 19.2 Å². The zero-order valence-electron chi connectivity index (χ0n) is 16.5. The van der Waals surface area contributed by atoms with E-state index < -0.39 is 15.8 Å². The van der Waals surface area contributed by atoms with E-state index in [4.69, 9.17) is 13.9 Å². The number of furan rings is 1. The van der Waals surface area contributed by atoms with Gasteiger partial charge in [0, 0.05) is 17.7 Å². The quantitative estimate of drug-likeness (QED) is 0.414. The molecule has 0 unspecified atom stereocenters. The molecule has 0 saturated carbocycles. The number of hydrogen-bond donors (Lipinski definition) is 1. The molecular weight excluding hydrogens is 410 g/mol. The van der Waals surface area contributed by atoms with E-state index in [2.05, 4.69) is 5.32 Å². The molecule has 1 aromatic heterocycles. The Labute approximate surface area is 175 Å². The van der Waals surface area contributed by atoms with Crippen molar-refractivity contribution in [3.8, 4) is 11.5 Å². The molecule has 1 N–H and O–H groups in total. The van der Waals surface area contributed by atoms with Crippen LogP contribution < -0.4 is 14.8 Å². The van der Waals surface area contributed by atoms with Crippen LogP contribution in [0.15, 0.2) is 52.9 Å². The van der Waals surface area contributed by atoms with Crippen molar-refractivity contribution in [3.05, 3.63) is 85.8 Å². The standard InChI is InChI=1S/C20H17N3O8/c1-12-9-14(4-7-17(12)23(27)28)30-11-15-5-8-18(31-15)20(24)21-16-6-3-13(22(25)26)10-19(16)29-2/h3-10H,11H2,1-2H3,(H,21,24). The number of hydrogen-bond acceptors (Lipinski definition) is 8. The van der Waals surface area contributed by atoms with Crippen molar-refractivity contribution in [1.29, 1.82) is 0 Å². The van der Waals surface area contributed by atoms with Gasteiger partial charge >= 0.3 is 0 Å². The largest absolute Gasteiger partial charge is 0.494 e. The van der Waals surface area contributed by atoms with E-state index in [1.54, 1.807) is 13.0 Å². The van der Waals surface area contributed by atoms with Gasteiger partial charge in [-0.1, -0.05) is 0 Å². The lowest BCUT2D eigenvalue weighted by Crippen LogP contribution is -2.12. The average molecular weight is 427 g/mol. The molecule has 0 aliphatic carbocycles. The lowest BCUT2D eigenvalue weighted by molar-refractivity contribution is -0.385. The fraction of sp³-hybridized carbons (Fsp3) is 0.150. The predicted octanol–water partition coefficient (Wildman–Crippen LogP) is 4.24. The van der Waals surface area contributed by atoms with Crippen molar-refractivity contribution in [2.24, 2.45) is 0 Å². The third-order valence-electron chi connectivity index (χ3n) is 4.28. The number of rotatable bonds is 8. The van der Waals surface area contributed by atoms with Gasteiger partial charge in [-0.15, -0.1) is 0 Å². The van der Waals surface area contributed by atoms with Crippen LogP contribution in [0.25, 0.3) is 0 Å². The number of carbonyl (C=O) groups is 1. The van der Waals surface area contributed by atoms with Crippen LogP contribution in [0.4, 0.5) is 17.1 Å². The Kier molecular flexibility index (Phi) is 6.15. The molecular formula is C20H17N3O8. The molecule has 0 atom stereocenters. The van der Waals surface area contributed by atoms with Gasteiger partial charge in [-0.3, -0.25) is 25.0 Å². The zero-order valence-corrected chi connectivity index (χ0v) is 16.5. The Morgan fingerprint density at radius 2 is 1.84 bits per heavy atom. The van der Waals surface area contributed by atoms with Gasteiger partial charge in [0.05, 0.1) is 28.7 Å². The fourth-order valence-electron chi connectivity index (χ4n) is 2.74. The number of methoxy groups -OCH3 is 1. The maximum absolute atomic E-state index is 12.4. The van der Waals surface area contributed by atoms with Crippen LogP contribution in [0.2, 0.25) is 0 Å². The Bertz CT molecular complexity index is 1160. The number of nitrogens with one attached hydrogen (secondary N) is 1. The zero-order chi connectivity index (χ0) is 22.5. The molecule has 0 spiro atoms. The number of amides is 1. The summed E-state index contributed by atoms with van der Waals surface area (Å²) in [6, 6.07) is 11.2. The van der Waals surface area contributed by atoms with Gasteiger partial charge in [0.1, 0.15) is 23.9 Å². The summed E-state index contributed by atoms with van der Waals surface area (Å²) in [5, 5.41) is 24.3. The normalized spacial score (nSPS) is 10.4. The smallest absolute Gasteiger partial charge is 0.291 e. The summed E-state index contributed by atoms with van der Waals surface area (Å²) >= 11 is 0. The van der Waals surface area contributed by atoms with Crippen LogP contribution in [-0.4, -0.2) is 22.9 Å². The van der Waals surface area contributed by atoms with Crippen molar-refractivity contribution < 1.29 is 28.5 Å². The summed E-state index contributed by atoms with van der Waals surface area (Å²) in [6.45, 7) is 1.61. The first-order chi connectivity index (χ1) is 14.8. The lowest BCUT2D eigenvalue weighted by atomic mass is 10.2. The molecule has 3 aromatic rings. The number of nitrogens with zero attached hydrogens (tertiary/aromatic N) is 2. The van der Waals surface area contributed by atoms with E-state index in [1.165, 1.54) is 49.6 Å². The molecule has 0 aliphatic rings. The molecule has 1 heterocycles. The molecule has 11 heteroatoms. The number of nitro benzene ring substituents is 2. The first-order valence-electron chi connectivity index (χ1n) is 8.89. The van der Waals surface area contributed by atoms with Crippen LogP contribution >= 0.6 is 0 Å². The first kappa shape index (κ1) is 21.3. The molecule has 31 heavy (non-hydrogen) atoms. The molecule has 11 nitrogen and oxygen atoms in total. The van der Waals surface area contributed by atoms with Gasteiger partial charge in [-0.25, -0.2) is 0 Å². The number of ether oxygens (including phenoxy) is 2. The highest BCUT2D eigenvalue weighted by Crippen LogP contribution is 2.29. The minimum absolute atomic E-state index is 0.00103. The van der Waals surface area contributed by atoms with E-state index in [9.17, 15) is 25.0 Å². The third-order valence-corrected chi connectivity index (χ3v) is 4.28. The number of carbonyl (C=O) groups excluding carboxylic acids is 1. The number of anilines is 1. The van der Waals surface area contributed by atoms with Crippen molar-refractivity contribution in [1.82, 2.24) is 0 Å². The van der Waals surface area contributed by atoms with Gasteiger partial charge in [0.15, 0.2) is 5.76 Å². The monoisotopic (exact) mass is 427 g/mol. The van der Waals surface area contributed by atoms with Crippen LogP contribution in [-0.2, 0) is 6.61 Å². The summed E-state index contributed by atoms with van der Waals surface area (Å²) in [5.74, 6) is 0.326. The predicted molar refractivity (Wildman–Crippen MR) is 108 cm³/mol. The second kappa shape index (κ2) is 8.95. The van der Waals surface area contributed by atoms with Crippen molar-refractivity contribution in [2.75, 3.05) is 12.4 Å². The number of benzene rings is 2. The van der Waals surface area contributed by atoms with Crippen molar-refractivity contribution in [3.63, 3.8) is 0 Å². The number of non-ortho nitro benzene ring substituents is 1. The maximum atomic E-state index is 12.4. The van der Waals surface area contributed by atoms with Gasteiger partial charge in [0.2, 0.25) is 0 Å². The molecule has 1 amide bonds. The minimum Gasteiger partial charge on any atom is -0.494 e. The summed E-state index contributed by atoms with van der Waals surface area (Å²) in [5.41, 5.74) is 0.521. The van der Waals surface area contributed by atoms with Crippen molar-refractivity contribution in [2.45, 2.75) is 13.5 Å². The second-order valence-corrected chi connectivity index (χ2v) is 6.36. The van der Waals surface area contributed by atoms with Crippen LogP contribution in [0.3, 0.4) is 0 Å². The Morgan fingerprint density at radius 1 is 1.06 bits per heavy atom. The molecule has 0 saturated heterocycles. The molecule has 3 rings (SSSR count). The van der Waals surface area contributed by atoms with Crippen molar-refractivity contribution >= 4 is 23.0 Å². The van der Waals surface area contributed by atoms with E-state index in [0.717, 1.165) is 0 Å². The highest BCUT2D eigenvalue weighted by Gasteiger charge is 2.17. The SMILES string of the molecule is COc1cc([N+](=O)[O-])ccc1NC(=O)c1ccc(COc2ccc([N+](=O)[O-])c(C)c2)o1. The van der Waals surface area contributed by atoms with Crippen LogP contribution in [0.1, 0.15) is 21.9 Å². The van der Waals surface area contributed by atoms with E-state index in [0.29, 0.717) is 17.1 Å². The van der Waals surface area contributed by atoms with E-state index in [-0.39, 0.29) is 35.2 Å². The Balaban J connectivity index is 1.65. The van der Waals surface area contributed by atoms with Crippen LogP contribution in [0, 0.1) is 27.2 Å². The Hall–Kier alpha value is -4.41. The van der Waals surface area contributed by atoms with E-state index >= 15 is 0 Å². The first-order valence-corrected chi connectivity index (χ1v) is 8.89. The summed E-state index contributed by atoms with van der Waals surface area (Å²) in [7, 11) is 1.33. The molecule has 0 radical (unpaired) electrons. The molecule has 160 valence electrons. The highest BCUT2D eigenvalue weighted by atomic mass is 16.6. The summed E-state index contributed by atoms with van der Waals surface area (Å²) in [6.07, 6.45) is 0. The van der Waals surface area contributed by atoms with Gasteiger partial charge in [0.25, 0.3) is 17.3 Å². The molecule has 0 aliphatic heterocycles. The summed E-state index contributed by atoms with van der Waals surface area (Å²) < 4.78 is 16.1. The molecule has 0 fully saturated rings. The number of aryl methyl sites for hydroxylation is 1. The van der Waals surface area contributed by atoms with Crippen LogP contribution in [0.5, 0.6) is 11.5 Å². The molecule has 2 aromatic carbocycles. The highest BCUT2D eigenvalue weighted by molar-refractivity contribution is 6.03.